The van der Waals surface area contributed by atoms with Gasteiger partial charge in [0.25, 0.3) is 0 Å². The van der Waals surface area contributed by atoms with Crippen LogP contribution in [0.2, 0.25) is 0 Å². The summed E-state index contributed by atoms with van der Waals surface area (Å²) in [6.45, 7) is 9.62. The van der Waals surface area contributed by atoms with Crippen molar-refractivity contribution < 1.29 is 9.47 Å². The molecule has 1 saturated carbocycles. The van der Waals surface area contributed by atoms with Crippen molar-refractivity contribution in [3.05, 3.63) is 0 Å². The Labute approximate surface area is 172 Å². The molecular formula is C22H44N4O2. The molecule has 0 aromatic rings. The van der Waals surface area contributed by atoms with Gasteiger partial charge >= 0.3 is 0 Å². The number of unbranched alkanes of at least 4 members (excludes halogenated alkanes) is 1. The van der Waals surface area contributed by atoms with Crippen LogP contribution in [0, 0.1) is 0 Å². The number of nitrogens with one attached hydrogen (secondary N) is 2. The zero-order valence-electron chi connectivity index (χ0n) is 18.4. The van der Waals surface area contributed by atoms with E-state index in [2.05, 4.69) is 22.5 Å². The standard InChI is InChI=1S/C22H44N4O2/c1-3-23-21(24-14-8-11-17-28-19-18-27-2)25-20-22(12-6-4-7-13-22)26-15-9-5-10-16-26/h3-20H2,1-2H3,(H2,23,24,25). The van der Waals surface area contributed by atoms with Gasteiger partial charge in [0.05, 0.1) is 19.8 Å². The molecule has 1 heterocycles. The maximum atomic E-state index is 5.53. The lowest BCUT2D eigenvalue weighted by molar-refractivity contribution is 0.0407. The Balaban J connectivity index is 1.79. The van der Waals surface area contributed by atoms with Crippen molar-refractivity contribution in [1.29, 1.82) is 0 Å². The Morgan fingerprint density at radius 1 is 0.929 bits per heavy atom. The van der Waals surface area contributed by atoms with Gasteiger partial charge in [0, 0.05) is 32.3 Å². The smallest absolute Gasteiger partial charge is 0.191 e. The molecular weight excluding hydrogens is 352 g/mol. The number of rotatable bonds is 12. The van der Waals surface area contributed by atoms with Gasteiger partial charge in [-0.2, -0.15) is 0 Å². The lowest BCUT2D eigenvalue weighted by Crippen LogP contribution is -2.54. The van der Waals surface area contributed by atoms with Crippen LogP contribution in [0.4, 0.5) is 0 Å². The number of ether oxygens (including phenoxy) is 2. The van der Waals surface area contributed by atoms with Gasteiger partial charge < -0.3 is 20.1 Å². The van der Waals surface area contributed by atoms with Gasteiger partial charge in [-0.25, -0.2) is 0 Å². The topological polar surface area (TPSA) is 58.1 Å². The Bertz CT molecular complexity index is 419. The Morgan fingerprint density at radius 2 is 1.68 bits per heavy atom. The second kappa shape index (κ2) is 14.2. The predicted octanol–water partition coefficient (Wildman–Crippen LogP) is 3.17. The number of likely N-dealkylation sites (tertiary alicyclic amines) is 1. The third-order valence-electron chi connectivity index (χ3n) is 6.13. The first-order valence-corrected chi connectivity index (χ1v) is 11.6. The molecule has 1 saturated heterocycles. The molecule has 0 amide bonds. The minimum atomic E-state index is 0.302. The first-order chi connectivity index (χ1) is 13.8. The molecule has 6 heteroatoms. The van der Waals surface area contributed by atoms with Gasteiger partial charge in [0.15, 0.2) is 5.96 Å². The van der Waals surface area contributed by atoms with Gasteiger partial charge in [-0.15, -0.1) is 0 Å². The van der Waals surface area contributed by atoms with Crippen LogP contribution in [0.25, 0.3) is 0 Å². The molecule has 1 aliphatic heterocycles. The van der Waals surface area contributed by atoms with Gasteiger partial charge in [0.2, 0.25) is 0 Å². The SMILES string of the molecule is CCNC(=NCC1(N2CCCCC2)CCCCC1)NCCCCOCCOC. The van der Waals surface area contributed by atoms with Crippen LogP contribution >= 0.6 is 0 Å². The zero-order chi connectivity index (χ0) is 19.9. The molecule has 28 heavy (non-hydrogen) atoms. The summed E-state index contributed by atoms with van der Waals surface area (Å²) in [6, 6.07) is 0. The molecule has 2 N–H and O–H groups in total. The van der Waals surface area contributed by atoms with E-state index in [9.17, 15) is 0 Å². The van der Waals surface area contributed by atoms with Gasteiger partial charge in [-0.3, -0.25) is 9.89 Å². The molecule has 1 aliphatic carbocycles. The number of aliphatic imine (C=N–C) groups is 1. The molecule has 0 aromatic heterocycles. The highest BCUT2D eigenvalue weighted by Gasteiger charge is 2.38. The van der Waals surface area contributed by atoms with Crippen molar-refractivity contribution in [2.75, 3.05) is 59.7 Å². The largest absolute Gasteiger partial charge is 0.382 e. The third-order valence-corrected chi connectivity index (χ3v) is 6.13. The molecule has 2 fully saturated rings. The highest BCUT2D eigenvalue weighted by atomic mass is 16.5. The number of piperidine rings is 1. The van der Waals surface area contributed by atoms with Crippen LogP contribution in [0.3, 0.4) is 0 Å². The molecule has 0 radical (unpaired) electrons. The number of guanidine groups is 1. The van der Waals surface area contributed by atoms with Crippen molar-refractivity contribution >= 4 is 5.96 Å². The predicted molar refractivity (Wildman–Crippen MR) is 117 cm³/mol. The molecule has 0 unspecified atom stereocenters. The summed E-state index contributed by atoms with van der Waals surface area (Å²) in [5, 5.41) is 6.96. The van der Waals surface area contributed by atoms with E-state index in [0.717, 1.165) is 45.0 Å². The normalized spacial score (nSPS) is 20.9. The maximum absolute atomic E-state index is 5.53. The average molecular weight is 397 g/mol. The van der Waals surface area contributed by atoms with E-state index in [1.54, 1.807) is 7.11 Å². The summed E-state index contributed by atoms with van der Waals surface area (Å²) in [6.07, 6.45) is 13.0. The second-order valence-electron chi connectivity index (χ2n) is 8.27. The molecule has 0 bridgehead atoms. The van der Waals surface area contributed by atoms with Crippen molar-refractivity contribution in [3.8, 4) is 0 Å². The molecule has 2 aliphatic rings. The average Bonchev–Trinajstić information content (AvgIpc) is 2.75. The Morgan fingerprint density at radius 3 is 2.39 bits per heavy atom. The molecule has 164 valence electrons. The highest BCUT2D eigenvalue weighted by Crippen LogP contribution is 2.35. The first kappa shape index (κ1) is 23.4. The second-order valence-corrected chi connectivity index (χ2v) is 8.27. The summed E-state index contributed by atoms with van der Waals surface area (Å²) in [5.74, 6) is 0.977. The van der Waals surface area contributed by atoms with Crippen LogP contribution in [-0.4, -0.2) is 76.1 Å². The fourth-order valence-corrected chi connectivity index (χ4v) is 4.50. The van der Waals surface area contributed by atoms with Gasteiger partial charge in [-0.1, -0.05) is 25.7 Å². The van der Waals surface area contributed by atoms with Crippen molar-refractivity contribution in [1.82, 2.24) is 15.5 Å². The summed E-state index contributed by atoms with van der Waals surface area (Å²) in [7, 11) is 1.71. The summed E-state index contributed by atoms with van der Waals surface area (Å²) in [4.78, 5) is 7.83. The minimum absolute atomic E-state index is 0.302. The Kier molecular flexibility index (Phi) is 11.9. The van der Waals surface area contributed by atoms with Crippen LogP contribution in [-0.2, 0) is 9.47 Å². The minimum Gasteiger partial charge on any atom is -0.382 e. The van der Waals surface area contributed by atoms with E-state index >= 15 is 0 Å². The number of hydrogen-bond acceptors (Lipinski definition) is 4. The quantitative estimate of drug-likeness (QED) is 0.301. The molecule has 0 spiro atoms. The summed E-state index contributed by atoms with van der Waals surface area (Å²) < 4.78 is 10.5. The lowest BCUT2D eigenvalue weighted by Gasteiger charge is -2.47. The van der Waals surface area contributed by atoms with Crippen LogP contribution in [0.5, 0.6) is 0 Å². The molecule has 2 rings (SSSR count). The molecule has 0 atom stereocenters. The van der Waals surface area contributed by atoms with Crippen molar-refractivity contribution in [2.24, 2.45) is 4.99 Å². The van der Waals surface area contributed by atoms with Crippen molar-refractivity contribution in [2.45, 2.75) is 76.7 Å². The van der Waals surface area contributed by atoms with E-state index < -0.39 is 0 Å². The fourth-order valence-electron chi connectivity index (χ4n) is 4.50. The number of methoxy groups -OCH3 is 1. The lowest BCUT2D eigenvalue weighted by atomic mass is 9.79. The summed E-state index contributed by atoms with van der Waals surface area (Å²) in [5.41, 5.74) is 0.302. The zero-order valence-corrected chi connectivity index (χ0v) is 18.4. The van der Waals surface area contributed by atoms with E-state index in [1.165, 1.54) is 64.5 Å². The molecule has 6 nitrogen and oxygen atoms in total. The Hall–Kier alpha value is -0.850. The summed E-state index contributed by atoms with van der Waals surface area (Å²) >= 11 is 0. The van der Waals surface area contributed by atoms with E-state index in [0.29, 0.717) is 18.8 Å². The fraction of sp³-hybridized carbons (Fsp3) is 0.955. The van der Waals surface area contributed by atoms with Gasteiger partial charge in [0.1, 0.15) is 0 Å². The molecule has 0 aromatic carbocycles. The maximum Gasteiger partial charge on any atom is 0.191 e. The van der Waals surface area contributed by atoms with E-state index in [4.69, 9.17) is 14.5 Å². The van der Waals surface area contributed by atoms with Crippen LogP contribution in [0.15, 0.2) is 4.99 Å². The first-order valence-electron chi connectivity index (χ1n) is 11.6. The number of nitrogens with zero attached hydrogens (tertiary/aromatic N) is 2. The van der Waals surface area contributed by atoms with Gasteiger partial charge in [-0.05, 0) is 58.5 Å². The van der Waals surface area contributed by atoms with Crippen molar-refractivity contribution in [3.63, 3.8) is 0 Å². The third kappa shape index (κ3) is 8.26. The van der Waals surface area contributed by atoms with Crippen LogP contribution < -0.4 is 10.6 Å². The monoisotopic (exact) mass is 396 g/mol. The van der Waals surface area contributed by atoms with Crippen LogP contribution in [0.1, 0.15) is 71.1 Å². The highest BCUT2D eigenvalue weighted by molar-refractivity contribution is 5.79. The van der Waals surface area contributed by atoms with E-state index in [-0.39, 0.29) is 0 Å². The van der Waals surface area contributed by atoms with E-state index in [1.807, 2.05) is 0 Å². The number of hydrogen-bond donors (Lipinski definition) is 2.